The molecule has 5 radical (unpaired) electrons. The Morgan fingerprint density at radius 1 is 1.12 bits per heavy atom. The predicted molar refractivity (Wildman–Crippen MR) is 25.6 cm³/mol. The van der Waals surface area contributed by atoms with Gasteiger partial charge in [-0.3, -0.25) is 8.42 Å². The third-order valence-corrected chi connectivity index (χ3v) is 0. The molecule has 45 valence electrons. The van der Waals surface area contributed by atoms with Crippen LogP contribution >= 0.6 is 0 Å². The monoisotopic (exact) mass is 181 g/mol. The zero-order valence-corrected chi connectivity index (χ0v) is 8.01. The predicted octanol–water partition coefficient (Wildman–Crippen LogP) is -2.92. The van der Waals surface area contributed by atoms with Gasteiger partial charge in [0.15, 0.2) is 0 Å². The Labute approximate surface area is 87.5 Å². The standard InChI is InChI=1S/Al.Ca.H2O4S.H2O/c;;1-5(2,3)4;/h;;(H2,1,2,3,4);1H2/p-2. The Bertz CT molecular complexity index is 95.6. The number of hydrogen-bond acceptors (Lipinski definition) is 4. The average Bonchev–Trinajstić information content (AvgIpc) is 0.722. The third kappa shape index (κ3) is 127. The molecule has 0 saturated heterocycles. The van der Waals surface area contributed by atoms with Gasteiger partial charge < -0.3 is 14.6 Å². The summed E-state index contributed by atoms with van der Waals surface area (Å²) in [4.78, 5) is 0. The maximum Gasteiger partial charge on any atom is 0.0311 e. The maximum absolute atomic E-state index is 8.52. The summed E-state index contributed by atoms with van der Waals surface area (Å²) in [5.41, 5.74) is 0. The minimum Gasteiger partial charge on any atom is -0.759 e. The fraction of sp³-hybridized carbons (Fsp3) is 0. The van der Waals surface area contributed by atoms with Gasteiger partial charge in [-0.1, -0.05) is 0 Å². The molecule has 5 nitrogen and oxygen atoms in total. The molecule has 0 spiro atoms. The molecule has 0 heterocycles. The van der Waals surface area contributed by atoms with Crippen LogP contribution in [-0.4, -0.2) is 78.1 Å². The van der Waals surface area contributed by atoms with E-state index in [0.717, 1.165) is 0 Å². The smallest absolute Gasteiger partial charge is 0.0311 e. The second-order valence-electron chi connectivity index (χ2n) is 0.408. The van der Waals surface area contributed by atoms with Crippen LogP contribution in [0.2, 0.25) is 0 Å². The van der Waals surface area contributed by atoms with Gasteiger partial charge in [-0.15, -0.1) is 0 Å². The fourth-order valence-electron chi connectivity index (χ4n) is 0. The fourth-order valence-corrected chi connectivity index (χ4v) is 0. The summed E-state index contributed by atoms with van der Waals surface area (Å²) < 4.78 is 34.1. The Hall–Kier alpha value is 1.62. The van der Waals surface area contributed by atoms with E-state index in [9.17, 15) is 0 Å². The van der Waals surface area contributed by atoms with Crippen molar-refractivity contribution >= 4 is 65.5 Å². The van der Waals surface area contributed by atoms with Crippen LogP contribution in [0.1, 0.15) is 0 Å². The van der Waals surface area contributed by atoms with E-state index in [4.69, 9.17) is 17.5 Å². The third-order valence-electron chi connectivity index (χ3n) is 0. The molecule has 8 heteroatoms. The van der Waals surface area contributed by atoms with Gasteiger partial charge in [-0.05, 0) is 0 Å². The first-order chi connectivity index (χ1) is 2.00. The van der Waals surface area contributed by atoms with E-state index in [1.165, 1.54) is 0 Å². The van der Waals surface area contributed by atoms with Gasteiger partial charge in [0.2, 0.25) is 0 Å². The molecule has 0 aliphatic heterocycles. The van der Waals surface area contributed by atoms with E-state index in [0.29, 0.717) is 0 Å². The molecule has 0 aliphatic carbocycles. The second kappa shape index (κ2) is 8.62. The van der Waals surface area contributed by atoms with Crippen LogP contribution in [0.15, 0.2) is 0 Å². The van der Waals surface area contributed by atoms with Gasteiger partial charge in [0.05, 0.1) is 0 Å². The van der Waals surface area contributed by atoms with Crippen LogP contribution in [0, 0.1) is 0 Å². The molecule has 0 aromatic heterocycles. The van der Waals surface area contributed by atoms with Crippen LogP contribution in [0.5, 0.6) is 0 Å². The quantitative estimate of drug-likeness (QED) is 0.226. The molecule has 0 aromatic carbocycles. The van der Waals surface area contributed by atoms with Gasteiger partial charge >= 0.3 is 0 Å². The second-order valence-corrected chi connectivity index (χ2v) is 1.22. The molecule has 0 unspecified atom stereocenters. The van der Waals surface area contributed by atoms with Crippen molar-refractivity contribution in [1.82, 2.24) is 0 Å². The first kappa shape index (κ1) is 22.6. The summed E-state index contributed by atoms with van der Waals surface area (Å²) in [7, 11) is -5.17. The van der Waals surface area contributed by atoms with Crippen molar-refractivity contribution in [3.63, 3.8) is 0 Å². The SMILES string of the molecule is O.O=S(=O)([O-])[O-].[Al].[Ca]. The van der Waals surface area contributed by atoms with Crippen LogP contribution in [0.25, 0.3) is 0 Å². The van der Waals surface area contributed by atoms with E-state index in [1.54, 1.807) is 0 Å². The maximum atomic E-state index is 8.52. The first-order valence-electron chi connectivity index (χ1n) is 0.667. The summed E-state index contributed by atoms with van der Waals surface area (Å²) >= 11 is 0. The van der Waals surface area contributed by atoms with Crippen LogP contribution < -0.4 is 0 Å². The number of rotatable bonds is 0. The molecular formula is H2AlCaO5S-2. The Morgan fingerprint density at radius 3 is 1.12 bits per heavy atom. The van der Waals surface area contributed by atoms with Crippen molar-refractivity contribution in [2.75, 3.05) is 0 Å². The molecule has 0 atom stereocenters. The molecular weight excluding hydrogens is 179 g/mol. The van der Waals surface area contributed by atoms with Crippen LogP contribution in [0.3, 0.4) is 0 Å². The van der Waals surface area contributed by atoms with E-state index >= 15 is 0 Å². The minimum absolute atomic E-state index is 0. The van der Waals surface area contributed by atoms with Crippen molar-refractivity contribution in [3.8, 4) is 0 Å². The molecule has 0 amide bonds. The zero-order chi connectivity index (χ0) is 4.50. The van der Waals surface area contributed by atoms with Crippen molar-refractivity contribution in [1.29, 1.82) is 0 Å². The molecule has 0 rings (SSSR count). The van der Waals surface area contributed by atoms with Crippen molar-refractivity contribution in [2.24, 2.45) is 0 Å². The largest absolute Gasteiger partial charge is 0.759 e. The summed E-state index contributed by atoms with van der Waals surface area (Å²) in [5, 5.41) is 0. The van der Waals surface area contributed by atoms with E-state index in [-0.39, 0.29) is 60.6 Å². The number of hydrogen-bond donors (Lipinski definition) is 0. The molecule has 0 fully saturated rings. The zero-order valence-electron chi connectivity index (χ0n) is 3.83. The average molecular weight is 181 g/mol. The van der Waals surface area contributed by atoms with Crippen LogP contribution in [0.4, 0.5) is 0 Å². The van der Waals surface area contributed by atoms with E-state index < -0.39 is 10.4 Å². The molecule has 0 saturated carbocycles. The van der Waals surface area contributed by atoms with Gasteiger partial charge in [0.1, 0.15) is 0 Å². The first-order valence-corrected chi connectivity index (χ1v) is 2.00. The van der Waals surface area contributed by atoms with Gasteiger partial charge in [-0.25, -0.2) is 0 Å². The summed E-state index contributed by atoms with van der Waals surface area (Å²) in [5.74, 6) is 0. The van der Waals surface area contributed by atoms with Crippen molar-refractivity contribution < 1.29 is 23.0 Å². The Balaban J connectivity index is -0.0000000267. The normalized spacial score (nSPS) is 7.25. The summed E-state index contributed by atoms with van der Waals surface area (Å²) in [6.45, 7) is 0. The summed E-state index contributed by atoms with van der Waals surface area (Å²) in [6.07, 6.45) is 0. The Kier molecular flexibility index (Phi) is 24.4. The van der Waals surface area contributed by atoms with Crippen molar-refractivity contribution in [2.45, 2.75) is 0 Å². The Morgan fingerprint density at radius 2 is 1.12 bits per heavy atom. The summed E-state index contributed by atoms with van der Waals surface area (Å²) in [6, 6.07) is 0. The minimum atomic E-state index is -5.17. The molecule has 8 heavy (non-hydrogen) atoms. The van der Waals surface area contributed by atoms with Crippen LogP contribution in [-0.2, 0) is 10.4 Å². The van der Waals surface area contributed by atoms with Crippen molar-refractivity contribution in [3.05, 3.63) is 0 Å². The van der Waals surface area contributed by atoms with Gasteiger partial charge in [-0.2, -0.15) is 0 Å². The van der Waals surface area contributed by atoms with E-state index in [1.807, 2.05) is 0 Å². The molecule has 0 aromatic rings. The van der Waals surface area contributed by atoms with Gasteiger partial charge in [0, 0.05) is 65.5 Å². The van der Waals surface area contributed by atoms with E-state index in [2.05, 4.69) is 0 Å². The molecule has 0 aliphatic rings. The molecule has 0 bridgehead atoms. The molecule has 2 N–H and O–H groups in total. The van der Waals surface area contributed by atoms with Gasteiger partial charge in [0.25, 0.3) is 0 Å². The topological polar surface area (TPSA) is 112 Å².